The number of rotatable bonds is 4. The molecule has 3 aromatic heterocycles. The number of aromatic nitrogens is 5. The van der Waals surface area contributed by atoms with E-state index in [0.717, 1.165) is 23.0 Å². The fraction of sp³-hybridized carbons (Fsp3) is 0.286. The summed E-state index contributed by atoms with van der Waals surface area (Å²) in [6, 6.07) is 15.2. The van der Waals surface area contributed by atoms with Crippen molar-refractivity contribution in [3.63, 3.8) is 0 Å². The highest BCUT2D eigenvalue weighted by Crippen LogP contribution is 2.65. The van der Waals surface area contributed by atoms with E-state index in [4.69, 9.17) is 4.74 Å². The number of aryl methyl sites for hydroxylation is 2. The number of hydrogen-bond acceptors (Lipinski definition) is 7. The van der Waals surface area contributed by atoms with Crippen LogP contribution in [0.15, 0.2) is 48.7 Å². The van der Waals surface area contributed by atoms with E-state index in [-0.39, 0.29) is 11.8 Å². The first-order chi connectivity index (χ1) is 17.8. The van der Waals surface area contributed by atoms with Gasteiger partial charge in [-0.15, -0.1) is 0 Å². The lowest BCUT2D eigenvalue weighted by molar-refractivity contribution is -0.0858. The molecule has 184 valence electrons. The number of ether oxygens (including phenoxy) is 1. The van der Waals surface area contributed by atoms with Crippen LogP contribution in [0.25, 0.3) is 27.6 Å². The summed E-state index contributed by atoms with van der Waals surface area (Å²) in [7, 11) is 0. The Bertz CT molecular complexity index is 1800. The molecule has 1 saturated heterocycles. The Morgan fingerprint density at radius 2 is 1.86 bits per heavy atom. The Morgan fingerprint density at radius 1 is 1.05 bits per heavy atom. The van der Waals surface area contributed by atoms with E-state index in [1.807, 2.05) is 38.1 Å². The molecule has 9 nitrogen and oxygen atoms in total. The van der Waals surface area contributed by atoms with Crippen LogP contribution < -0.4 is 0 Å². The van der Waals surface area contributed by atoms with E-state index in [1.54, 1.807) is 29.2 Å². The fourth-order valence-corrected chi connectivity index (χ4v) is 6.23. The summed E-state index contributed by atoms with van der Waals surface area (Å²) < 4.78 is 8.05. The molecule has 0 radical (unpaired) electrons. The molecule has 2 aliphatic heterocycles. The summed E-state index contributed by atoms with van der Waals surface area (Å²) in [5.41, 5.74) is 4.05. The summed E-state index contributed by atoms with van der Waals surface area (Å²) in [6.07, 6.45) is 3.60. The molecule has 2 aliphatic rings. The maximum atomic E-state index is 11.6. The zero-order valence-corrected chi connectivity index (χ0v) is 20.4. The Labute approximate surface area is 212 Å². The molecular weight excluding hydrogens is 468 g/mol. The van der Waals surface area contributed by atoms with Crippen LogP contribution in [0, 0.1) is 18.3 Å². The van der Waals surface area contributed by atoms with Gasteiger partial charge >= 0.3 is 0 Å². The van der Waals surface area contributed by atoms with Crippen LogP contribution in [0.1, 0.15) is 48.4 Å². The van der Waals surface area contributed by atoms with E-state index >= 15 is 0 Å². The number of pyridine rings is 1. The minimum atomic E-state index is -0.771. The van der Waals surface area contributed by atoms with E-state index in [2.05, 4.69) is 21.3 Å². The standard InChI is InChI=1S/C28H24N6O3/c1-16-5-7-19-20(14-16)32-33(31-19)13-11-28-10-9-27(2,37-28)22-23(28)26(36)34(25(22)35)21-8-6-17(15-29)24-18(21)4-3-12-30-24/h3-8,12,14,35-36H,9-11,13H2,1-2H3/t27-,28-/m1/s1. The smallest absolute Gasteiger partial charge is 0.205 e. The molecule has 0 unspecified atom stereocenters. The highest BCUT2D eigenvalue weighted by molar-refractivity contribution is 5.92. The zero-order valence-electron chi connectivity index (χ0n) is 20.4. The van der Waals surface area contributed by atoms with E-state index < -0.39 is 11.2 Å². The van der Waals surface area contributed by atoms with Crippen molar-refractivity contribution in [1.29, 1.82) is 5.26 Å². The van der Waals surface area contributed by atoms with E-state index in [9.17, 15) is 15.5 Å². The summed E-state index contributed by atoms with van der Waals surface area (Å²) >= 11 is 0. The molecule has 2 aromatic carbocycles. The second-order valence-corrected chi connectivity index (χ2v) is 10.2. The Balaban J connectivity index is 1.34. The van der Waals surface area contributed by atoms with Crippen molar-refractivity contribution in [3.8, 4) is 23.5 Å². The van der Waals surface area contributed by atoms with Crippen LogP contribution >= 0.6 is 0 Å². The Hall–Kier alpha value is -4.42. The highest BCUT2D eigenvalue weighted by atomic mass is 16.5. The van der Waals surface area contributed by atoms with Gasteiger partial charge in [0.2, 0.25) is 11.8 Å². The summed E-state index contributed by atoms with van der Waals surface area (Å²) in [4.78, 5) is 6.06. The van der Waals surface area contributed by atoms with Crippen molar-refractivity contribution in [1.82, 2.24) is 24.5 Å². The molecule has 2 atom stereocenters. The first-order valence-corrected chi connectivity index (χ1v) is 12.3. The quantitative estimate of drug-likeness (QED) is 0.373. The maximum absolute atomic E-state index is 11.6. The number of fused-ring (bicyclic) bond motifs is 7. The van der Waals surface area contributed by atoms with Crippen LogP contribution in [0.3, 0.4) is 0 Å². The van der Waals surface area contributed by atoms with Crippen molar-refractivity contribution in [2.45, 2.75) is 50.9 Å². The molecule has 0 saturated carbocycles. The molecule has 0 aliphatic carbocycles. The number of nitriles is 1. The first kappa shape index (κ1) is 21.8. The molecule has 5 aromatic rings. The minimum Gasteiger partial charge on any atom is -0.494 e. The van der Waals surface area contributed by atoms with Gasteiger partial charge in [0.25, 0.3) is 0 Å². The van der Waals surface area contributed by atoms with Gasteiger partial charge in [0.1, 0.15) is 22.7 Å². The molecular formula is C28H24N6O3. The van der Waals surface area contributed by atoms with Gasteiger partial charge in [0, 0.05) is 18.0 Å². The summed E-state index contributed by atoms with van der Waals surface area (Å²) in [5.74, 6) is -0.107. The van der Waals surface area contributed by atoms with Crippen molar-refractivity contribution >= 4 is 21.9 Å². The molecule has 37 heavy (non-hydrogen) atoms. The number of hydrogen-bond donors (Lipinski definition) is 2. The van der Waals surface area contributed by atoms with Crippen molar-refractivity contribution < 1.29 is 14.9 Å². The number of nitrogens with zero attached hydrogens (tertiary/aromatic N) is 6. The lowest BCUT2D eigenvalue weighted by Gasteiger charge is -2.26. The first-order valence-electron chi connectivity index (χ1n) is 12.3. The molecule has 1 fully saturated rings. The minimum absolute atomic E-state index is 0.0511. The van der Waals surface area contributed by atoms with Gasteiger partial charge in [-0.05, 0) is 68.7 Å². The lowest BCUT2D eigenvalue weighted by Crippen LogP contribution is -2.25. The van der Waals surface area contributed by atoms with Gasteiger partial charge in [-0.2, -0.15) is 20.3 Å². The molecule has 2 N–H and O–H groups in total. The van der Waals surface area contributed by atoms with Crippen molar-refractivity contribution in [2.24, 2.45) is 0 Å². The van der Waals surface area contributed by atoms with Gasteiger partial charge in [-0.1, -0.05) is 6.07 Å². The van der Waals surface area contributed by atoms with Crippen molar-refractivity contribution in [3.05, 3.63) is 70.9 Å². The fourth-order valence-electron chi connectivity index (χ4n) is 6.23. The lowest BCUT2D eigenvalue weighted by atomic mass is 9.78. The van der Waals surface area contributed by atoms with Gasteiger partial charge in [-0.25, -0.2) is 0 Å². The Morgan fingerprint density at radius 3 is 2.70 bits per heavy atom. The molecule has 2 bridgehead atoms. The van der Waals surface area contributed by atoms with E-state index in [1.165, 1.54) is 4.57 Å². The van der Waals surface area contributed by atoms with Crippen molar-refractivity contribution in [2.75, 3.05) is 0 Å². The number of aromatic hydroxyl groups is 2. The summed E-state index contributed by atoms with van der Waals surface area (Å²) in [5, 5.41) is 42.5. The van der Waals surface area contributed by atoms with Crippen LogP contribution in [-0.2, 0) is 22.5 Å². The normalized spacial score (nSPS) is 22.1. The van der Waals surface area contributed by atoms with Crippen LogP contribution in [0.2, 0.25) is 0 Å². The SMILES string of the molecule is Cc1ccc2nn(CC[C@@]34CC[C@@](C)(O3)c3c4c(O)n(-c4ccc(C#N)c5ncccc45)c3O)nc2c1. The second kappa shape index (κ2) is 7.31. The summed E-state index contributed by atoms with van der Waals surface area (Å²) in [6.45, 7) is 4.49. The average Bonchev–Trinajstić information content (AvgIpc) is 3.60. The monoisotopic (exact) mass is 492 g/mol. The van der Waals surface area contributed by atoms with E-state index in [0.29, 0.717) is 52.7 Å². The predicted molar refractivity (Wildman–Crippen MR) is 135 cm³/mol. The average molecular weight is 493 g/mol. The molecule has 0 amide bonds. The van der Waals surface area contributed by atoms with Gasteiger partial charge < -0.3 is 14.9 Å². The van der Waals surface area contributed by atoms with Crippen LogP contribution in [0.5, 0.6) is 11.8 Å². The van der Waals surface area contributed by atoms with Gasteiger partial charge in [0.15, 0.2) is 0 Å². The number of benzene rings is 2. The maximum Gasteiger partial charge on any atom is 0.205 e. The largest absolute Gasteiger partial charge is 0.494 e. The van der Waals surface area contributed by atoms with Gasteiger partial charge in [-0.3, -0.25) is 9.55 Å². The Kier molecular flexibility index (Phi) is 4.31. The predicted octanol–water partition coefficient (Wildman–Crippen LogP) is 4.69. The third-order valence-electron chi connectivity index (χ3n) is 7.93. The molecule has 0 spiro atoms. The molecule has 7 rings (SSSR count). The van der Waals surface area contributed by atoms with Crippen LogP contribution in [-0.4, -0.2) is 34.8 Å². The molecule has 5 heterocycles. The zero-order chi connectivity index (χ0) is 25.5. The molecule has 9 heteroatoms. The van der Waals surface area contributed by atoms with Gasteiger partial charge in [0.05, 0.1) is 40.0 Å². The third kappa shape index (κ3) is 2.90. The second-order valence-electron chi connectivity index (χ2n) is 10.2. The van der Waals surface area contributed by atoms with Crippen LogP contribution in [0.4, 0.5) is 0 Å². The third-order valence-corrected chi connectivity index (χ3v) is 7.93. The topological polar surface area (TPSA) is 122 Å². The highest BCUT2D eigenvalue weighted by Gasteiger charge is 2.61.